The number of halogens is 1. The second-order valence-corrected chi connectivity index (χ2v) is 5.34. The lowest BCUT2D eigenvalue weighted by Crippen LogP contribution is -2.19. The summed E-state index contributed by atoms with van der Waals surface area (Å²) in [5.41, 5.74) is 0.332. The summed E-state index contributed by atoms with van der Waals surface area (Å²) in [6.07, 6.45) is 0.855. The fourth-order valence-corrected chi connectivity index (χ4v) is 2.82. The average Bonchev–Trinajstić information content (AvgIpc) is 2.69. The summed E-state index contributed by atoms with van der Waals surface area (Å²) in [7, 11) is 0. The molecule has 0 amide bonds. The van der Waals surface area contributed by atoms with Crippen LogP contribution in [0.15, 0.2) is 18.2 Å². The fourth-order valence-electron chi connectivity index (χ4n) is 2.47. The first kappa shape index (κ1) is 10.8. The van der Waals surface area contributed by atoms with E-state index in [1.54, 1.807) is 18.2 Å². The van der Waals surface area contributed by atoms with Gasteiger partial charge in [0.25, 0.3) is 0 Å². The highest BCUT2D eigenvalue weighted by Gasteiger charge is 2.63. The summed E-state index contributed by atoms with van der Waals surface area (Å²) in [6.45, 7) is 4.18. The molecular formula is C12H15ClO2. The molecule has 1 unspecified atom stereocenters. The van der Waals surface area contributed by atoms with Crippen molar-refractivity contribution in [3.05, 3.63) is 28.8 Å². The SMILES string of the molecule is CC1(C)CC1(CO)c1c(O)cccc1Cl. The second-order valence-electron chi connectivity index (χ2n) is 4.93. The third-order valence-electron chi connectivity index (χ3n) is 3.65. The van der Waals surface area contributed by atoms with Gasteiger partial charge in [-0.15, -0.1) is 0 Å². The van der Waals surface area contributed by atoms with Crippen molar-refractivity contribution in [3.8, 4) is 5.75 Å². The summed E-state index contributed by atoms with van der Waals surface area (Å²) in [5.74, 6) is 0.183. The van der Waals surface area contributed by atoms with E-state index in [0.717, 1.165) is 6.42 Å². The van der Waals surface area contributed by atoms with Crippen molar-refractivity contribution in [1.29, 1.82) is 0 Å². The molecule has 82 valence electrons. The lowest BCUT2D eigenvalue weighted by atomic mass is 9.88. The largest absolute Gasteiger partial charge is 0.508 e. The maximum atomic E-state index is 9.83. The number of phenols is 1. The lowest BCUT2D eigenvalue weighted by Gasteiger charge is -2.20. The second kappa shape index (κ2) is 3.13. The predicted molar refractivity (Wildman–Crippen MR) is 60.3 cm³/mol. The van der Waals surface area contributed by atoms with E-state index in [4.69, 9.17) is 11.6 Å². The molecule has 1 fully saturated rings. The van der Waals surface area contributed by atoms with Crippen LogP contribution in [-0.4, -0.2) is 16.8 Å². The van der Waals surface area contributed by atoms with Crippen LogP contribution in [0.2, 0.25) is 5.02 Å². The normalized spacial score (nSPS) is 27.7. The van der Waals surface area contributed by atoms with Crippen LogP contribution in [0.4, 0.5) is 0 Å². The Balaban J connectivity index is 2.55. The van der Waals surface area contributed by atoms with E-state index < -0.39 is 0 Å². The number of hydrogen-bond donors (Lipinski definition) is 2. The number of aliphatic hydroxyl groups is 1. The molecule has 0 spiro atoms. The van der Waals surface area contributed by atoms with Crippen molar-refractivity contribution < 1.29 is 10.2 Å². The monoisotopic (exact) mass is 226 g/mol. The molecule has 2 N–H and O–H groups in total. The van der Waals surface area contributed by atoms with E-state index in [1.165, 1.54) is 0 Å². The van der Waals surface area contributed by atoms with Crippen LogP contribution in [0.1, 0.15) is 25.8 Å². The van der Waals surface area contributed by atoms with Crippen LogP contribution >= 0.6 is 11.6 Å². The number of rotatable bonds is 2. The van der Waals surface area contributed by atoms with Crippen LogP contribution in [0.3, 0.4) is 0 Å². The predicted octanol–water partition coefficient (Wildman–Crippen LogP) is 2.71. The Hall–Kier alpha value is -0.730. The van der Waals surface area contributed by atoms with Gasteiger partial charge in [-0.2, -0.15) is 0 Å². The van der Waals surface area contributed by atoms with Crippen molar-refractivity contribution in [2.75, 3.05) is 6.61 Å². The maximum absolute atomic E-state index is 9.83. The minimum absolute atomic E-state index is 0.00419. The average molecular weight is 227 g/mol. The molecular weight excluding hydrogens is 212 g/mol. The molecule has 1 atom stereocenters. The van der Waals surface area contributed by atoms with E-state index in [0.29, 0.717) is 10.6 Å². The van der Waals surface area contributed by atoms with Crippen LogP contribution in [0.25, 0.3) is 0 Å². The third kappa shape index (κ3) is 1.35. The summed E-state index contributed by atoms with van der Waals surface area (Å²) < 4.78 is 0. The molecule has 0 heterocycles. The van der Waals surface area contributed by atoms with Gasteiger partial charge in [0.15, 0.2) is 0 Å². The molecule has 1 aliphatic rings. The summed E-state index contributed by atoms with van der Waals surface area (Å²) >= 11 is 6.09. The Kier molecular flexibility index (Phi) is 2.25. The topological polar surface area (TPSA) is 40.5 Å². The minimum Gasteiger partial charge on any atom is -0.508 e. The minimum atomic E-state index is -0.366. The van der Waals surface area contributed by atoms with Gasteiger partial charge in [-0.3, -0.25) is 0 Å². The molecule has 0 aromatic heterocycles. The highest BCUT2D eigenvalue weighted by atomic mass is 35.5. The standard InChI is InChI=1S/C12H15ClO2/c1-11(2)6-12(11,7-14)10-8(13)4-3-5-9(10)15/h3-5,14-15H,6-7H2,1-2H3. The maximum Gasteiger partial charge on any atom is 0.120 e. The number of hydrogen-bond acceptors (Lipinski definition) is 2. The first-order valence-corrected chi connectivity index (χ1v) is 5.41. The molecule has 0 bridgehead atoms. The summed E-state index contributed by atoms with van der Waals surface area (Å²) in [5, 5.41) is 19.9. The van der Waals surface area contributed by atoms with E-state index in [9.17, 15) is 10.2 Å². The smallest absolute Gasteiger partial charge is 0.120 e. The van der Waals surface area contributed by atoms with E-state index >= 15 is 0 Å². The molecule has 2 rings (SSSR count). The van der Waals surface area contributed by atoms with Gasteiger partial charge in [-0.25, -0.2) is 0 Å². The number of phenolic OH excluding ortho intramolecular Hbond substituents is 1. The third-order valence-corrected chi connectivity index (χ3v) is 3.97. The van der Waals surface area contributed by atoms with E-state index in [2.05, 4.69) is 13.8 Å². The zero-order chi connectivity index (χ0) is 11.3. The fraction of sp³-hybridized carbons (Fsp3) is 0.500. The van der Waals surface area contributed by atoms with Crippen molar-refractivity contribution in [3.63, 3.8) is 0 Å². The Morgan fingerprint density at radius 1 is 1.40 bits per heavy atom. The zero-order valence-electron chi connectivity index (χ0n) is 8.92. The quantitative estimate of drug-likeness (QED) is 0.814. The van der Waals surface area contributed by atoms with Gasteiger partial charge < -0.3 is 10.2 Å². The van der Waals surface area contributed by atoms with Crippen molar-refractivity contribution in [2.45, 2.75) is 25.7 Å². The van der Waals surface area contributed by atoms with Crippen LogP contribution in [-0.2, 0) is 5.41 Å². The Morgan fingerprint density at radius 3 is 2.40 bits per heavy atom. The van der Waals surface area contributed by atoms with Crippen LogP contribution < -0.4 is 0 Å². The van der Waals surface area contributed by atoms with E-state index in [-0.39, 0.29) is 23.2 Å². The molecule has 0 saturated heterocycles. The van der Waals surface area contributed by atoms with Gasteiger partial charge in [-0.1, -0.05) is 31.5 Å². The highest BCUT2D eigenvalue weighted by molar-refractivity contribution is 6.31. The van der Waals surface area contributed by atoms with Gasteiger partial charge in [-0.05, 0) is 24.0 Å². The van der Waals surface area contributed by atoms with Gasteiger partial charge in [0.2, 0.25) is 0 Å². The van der Waals surface area contributed by atoms with Crippen molar-refractivity contribution in [1.82, 2.24) is 0 Å². The first-order chi connectivity index (χ1) is 6.94. The molecule has 0 aliphatic heterocycles. The molecule has 2 nitrogen and oxygen atoms in total. The Morgan fingerprint density at radius 2 is 2.00 bits per heavy atom. The van der Waals surface area contributed by atoms with Crippen LogP contribution in [0.5, 0.6) is 5.75 Å². The molecule has 3 heteroatoms. The van der Waals surface area contributed by atoms with E-state index in [1.807, 2.05) is 0 Å². The molecule has 1 aliphatic carbocycles. The summed E-state index contributed by atoms with van der Waals surface area (Å²) in [4.78, 5) is 0. The molecule has 1 aromatic carbocycles. The van der Waals surface area contributed by atoms with Crippen molar-refractivity contribution >= 4 is 11.6 Å². The van der Waals surface area contributed by atoms with Gasteiger partial charge in [0, 0.05) is 16.0 Å². The summed E-state index contributed by atoms with van der Waals surface area (Å²) in [6, 6.07) is 5.08. The Bertz CT molecular complexity index is 380. The molecule has 15 heavy (non-hydrogen) atoms. The van der Waals surface area contributed by atoms with Crippen molar-refractivity contribution in [2.24, 2.45) is 5.41 Å². The molecule has 1 aromatic rings. The van der Waals surface area contributed by atoms with Crippen LogP contribution in [0, 0.1) is 5.41 Å². The van der Waals surface area contributed by atoms with Gasteiger partial charge in [0.05, 0.1) is 6.61 Å². The number of aliphatic hydroxyl groups excluding tert-OH is 1. The number of aromatic hydroxyl groups is 1. The molecule has 0 radical (unpaired) electrons. The zero-order valence-corrected chi connectivity index (χ0v) is 9.67. The Labute approximate surface area is 94.5 Å². The highest BCUT2D eigenvalue weighted by Crippen LogP contribution is 2.66. The molecule has 1 saturated carbocycles. The van der Waals surface area contributed by atoms with Gasteiger partial charge in [0.1, 0.15) is 5.75 Å². The first-order valence-electron chi connectivity index (χ1n) is 5.03. The number of benzene rings is 1. The lowest BCUT2D eigenvalue weighted by molar-refractivity contribution is 0.228. The van der Waals surface area contributed by atoms with Gasteiger partial charge >= 0.3 is 0 Å².